The van der Waals surface area contributed by atoms with Crippen molar-refractivity contribution in [2.24, 2.45) is 0 Å². The summed E-state index contributed by atoms with van der Waals surface area (Å²) in [5, 5.41) is 2.19. The molecule has 8 rings (SSSR count). The van der Waals surface area contributed by atoms with Gasteiger partial charge in [0.05, 0.1) is 89.1 Å². The summed E-state index contributed by atoms with van der Waals surface area (Å²) in [7, 11) is -13.0. The second-order valence-electron chi connectivity index (χ2n) is 21.2. The van der Waals surface area contributed by atoms with Gasteiger partial charge in [0.25, 0.3) is 0 Å². The monoisotopic (exact) mass is 1370 g/mol. The minimum absolute atomic E-state index is 0.0254. The number of sulfonamides is 4. The Hall–Kier alpha value is -3.94. The number of fused-ring (bicyclic) bond motifs is 2. The van der Waals surface area contributed by atoms with E-state index in [1.807, 2.05) is 68.7 Å². The van der Waals surface area contributed by atoms with Gasteiger partial charge in [-0.15, -0.1) is 0 Å². The fourth-order valence-corrected chi connectivity index (χ4v) is 17.5. The fraction of sp³-hybridized carbons (Fsp3) is 0.433. The SMILES string of the molecule is CN1Cc2c(Cl)cc(Cl)cc2C(c2cccc(S(=O)(=O)NCCOCCOCCOCCNS(=O)(=O)C3(S(=O)(=O)NCCOCCOCCOCCNS(=O)(=O)c4cccc(C5CN(C)Cc6c(Cl)cc(Cl)cc65)c4)C=CC(c4ccccc4)C=C3)c2)C1. The van der Waals surface area contributed by atoms with Crippen molar-refractivity contribution in [1.29, 1.82) is 0 Å². The summed E-state index contributed by atoms with van der Waals surface area (Å²) in [6.07, 6.45) is 5.41. The molecule has 20 nitrogen and oxygen atoms in total. The molecule has 2 heterocycles. The van der Waals surface area contributed by atoms with Gasteiger partial charge in [-0.3, -0.25) is 0 Å². The molecule has 0 amide bonds. The Morgan fingerprint density at radius 1 is 0.443 bits per heavy atom. The summed E-state index contributed by atoms with van der Waals surface area (Å²) >= 11 is 25.8. The molecule has 0 bridgehead atoms. The van der Waals surface area contributed by atoms with E-state index in [2.05, 4.69) is 28.7 Å². The topological polar surface area (TPSA) is 247 Å². The maximum absolute atomic E-state index is 14.0. The molecule has 0 spiro atoms. The molecule has 1 aliphatic carbocycles. The normalized spacial score (nSPS) is 19.2. The van der Waals surface area contributed by atoms with E-state index in [-0.39, 0.29) is 133 Å². The summed E-state index contributed by atoms with van der Waals surface area (Å²) in [5.74, 6) is -0.634. The largest absolute Gasteiger partial charge is 0.378 e. The smallest absolute Gasteiger partial charge is 0.240 e. The third-order valence-corrected chi connectivity index (χ3v) is 23.6. The Kier molecular flexibility index (Phi) is 25.9. The Morgan fingerprint density at radius 3 is 1.18 bits per heavy atom. The van der Waals surface area contributed by atoms with Crippen molar-refractivity contribution < 1.29 is 62.1 Å². The maximum atomic E-state index is 14.0. The van der Waals surface area contributed by atoms with Gasteiger partial charge in [-0.2, -0.15) is 0 Å². The molecule has 5 aromatic rings. The Bertz CT molecular complexity index is 3470. The zero-order valence-corrected chi connectivity index (χ0v) is 55.0. The average molecular weight is 1370 g/mol. The molecule has 0 saturated heterocycles. The first-order valence-electron chi connectivity index (χ1n) is 28.5. The quantitative estimate of drug-likeness (QED) is 0.0230. The molecule has 0 aromatic heterocycles. The van der Waals surface area contributed by atoms with Crippen molar-refractivity contribution >= 4 is 86.5 Å². The maximum Gasteiger partial charge on any atom is 0.240 e. The van der Waals surface area contributed by atoms with Crippen molar-refractivity contribution in [3.63, 3.8) is 0 Å². The highest BCUT2D eigenvalue weighted by Crippen LogP contribution is 2.41. The first kappa shape index (κ1) is 69.9. The van der Waals surface area contributed by atoms with Gasteiger partial charge in [-0.1, -0.05) is 113 Å². The van der Waals surface area contributed by atoms with Crippen LogP contribution in [-0.2, 0) is 81.6 Å². The minimum Gasteiger partial charge on any atom is -0.378 e. The summed E-state index contributed by atoms with van der Waals surface area (Å²) in [5.41, 5.74) is 6.36. The van der Waals surface area contributed by atoms with E-state index in [0.717, 1.165) is 38.9 Å². The van der Waals surface area contributed by atoms with Crippen LogP contribution in [0.1, 0.15) is 56.7 Å². The number of likely N-dealkylation sites (N-methyl/N-ethyl adjacent to an activating group) is 2. The van der Waals surface area contributed by atoms with Gasteiger partial charge < -0.3 is 38.2 Å². The highest BCUT2D eigenvalue weighted by Gasteiger charge is 2.52. The van der Waals surface area contributed by atoms with Crippen molar-refractivity contribution in [3.05, 3.63) is 186 Å². The molecule has 4 N–H and O–H groups in total. The van der Waals surface area contributed by atoms with E-state index in [1.165, 1.54) is 24.3 Å². The van der Waals surface area contributed by atoms with Crippen LogP contribution in [0.5, 0.6) is 0 Å². The van der Waals surface area contributed by atoms with Crippen LogP contribution in [0.25, 0.3) is 0 Å². The average Bonchev–Trinajstić information content (AvgIpc) is 0.797. The van der Waals surface area contributed by atoms with Crippen molar-refractivity contribution in [1.82, 2.24) is 28.7 Å². The summed E-state index contributed by atoms with van der Waals surface area (Å²) in [6, 6.07) is 30.1. The van der Waals surface area contributed by atoms with Crippen molar-refractivity contribution in [3.8, 4) is 0 Å². The number of nitrogens with one attached hydrogen (secondary N) is 4. The van der Waals surface area contributed by atoms with Crippen molar-refractivity contribution in [2.75, 3.05) is 133 Å². The molecular weight excluding hydrogens is 1300 g/mol. The van der Waals surface area contributed by atoms with Gasteiger partial charge in [0.2, 0.25) is 44.2 Å². The third-order valence-electron chi connectivity index (χ3n) is 14.9. The number of rotatable bonds is 35. The number of allylic oxidation sites excluding steroid dienone is 2. The number of halogens is 4. The van der Waals surface area contributed by atoms with E-state index >= 15 is 0 Å². The van der Waals surface area contributed by atoms with Crippen LogP contribution in [0, 0.1) is 0 Å². The standard InChI is InChI=1S/C60H74Cl4N6O14S4/c1-69-40-54(52-36-48(61)38-58(63)56(52)42-69)46-10-6-12-50(34-46)85(71,72)65-18-22-79-26-30-83-32-28-81-24-20-67-87(75,76)60(16-14-45(15-17-60)44-8-4-3-5-9-44)88(77,78)68-21-25-82-29-33-84-31-27-80-23-19-66-86(73,74)51-13-7-11-47(35-51)55-41-70(2)43-57-53(55)37-49(62)39-59(57)64/h3-17,34-39,45,54-55,65-68H,18-33,40-43H2,1-2H3. The molecule has 0 radical (unpaired) electrons. The zero-order valence-electron chi connectivity index (χ0n) is 48.8. The number of ether oxygens (including phenoxy) is 6. The van der Waals surface area contributed by atoms with Crippen LogP contribution >= 0.6 is 46.4 Å². The molecule has 88 heavy (non-hydrogen) atoms. The fourth-order valence-electron chi connectivity index (χ4n) is 10.5. The lowest BCUT2D eigenvalue weighted by atomic mass is 9.85. The number of hydrogen-bond donors (Lipinski definition) is 4. The van der Waals surface area contributed by atoms with Gasteiger partial charge in [0.15, 0.2) is 0 Å². The first-order chi connectivity index (χ1) is 42.1. The summed E-state index contributed by atoms with van der Waals surface area (Å²) < 4.78 is 150. The predicted molar refractivity (Wildman–Crippen MR) is 341 cm³/mol. The van der Waals surface area contributed by atoms with Crippen LogP contribution in [0.3, 0.4) is 0 Å². The van der Waals surface area contributed by atoms with Crippen LogP contribution in [0.4, 0.5) is 0 Å². The molecule has 0 saturated carbocycles. The van der Waals surface area contributed by atoms with E-state index in [9.17, 15) is 33.7 Å². The zero-order chi connectivity index (χ0) is 63.0. The molecule has 3 aliphatic rings. The van der Waals surface area contributed by atoms with E-state index in [1.54, 1.807) is 48.5 Å². The molecule has 5 aromatic carbocycles. The molecule has 2 aliphatic heterocycles. The Balaban J connectivity index is 0.690. The van der Waals surface area contributed by atoms with Crippen LogP contribution < -0.4 is 18.9 Å². The van der Waals surface area contributed by atoms with Crippen LogP contribution in [0.2, 0.25) is 20.1 Å². The van der Waals surface area contributed by atoms with Gasteiger partial charge >= 0.3 is 0 Å². The molecule has 2 unspecified atom stereocenters. The second-order valence-corrected chi connectivity index (χ2v) is 30.6. The van der Waals surface area contributed by atoms with E-state index < -0.39 is 44.2 Å². The van der Waals surface area contributed by atoms with Crippen LogP contribution in [0.15, 0.2) is 137 Å². The predicted octanol–water partition coefficient (Wildman–Crippen LogP) is 7.26. The minimum atomic E-state index is -4.64. The summed E-state index contributed by atoms with van der Waals surface area (Å²) in [6.45, 7) is 3.38. The first-order valence-corrected chi connectivity index (χ1v) is 35.9. The van der Waals surface area contributed by atoms with Gasteiger partial charge in [-0.05, 0) is 114 Å². The lowest BCUT2D eigenvalue weighted by molar-refractivity contribution is 0.0167. The molecule has 0 fully saturated rings. The second kappa shape index (κ2) is 32.6. The van der Waals surface area contributed by atoms with Gasteiger partial charge in [0, 0.05) is 90.2 Å². The molecular formula is C60H74Cl4N6O14S4. The molecule has 480 valence electrons. The number of benzene rings is 5. The lowest BCUT2D eigenvalue weighted by Crippen LogP contribution is -2.55. The van der Waals surface area contributed by atoms with E-state index in [0.29, 0.717) is 46.3 Å². The third kappa shape index (κ3) is 18.6. The Morgan fingerprint density at radius 2 is 0.795 bits per heavy atom. The number of hydrogen-bond acceptors (Lipinski definition) is 16. The lowest BCUT2D eigenvalue weighted by Gasteiger charge is -2.33. The van der Waals surface area contributed by atoms with E-state index in [4.69, 9.17) is 74.8 Å². The summed E-state index contributed by atoms with van der Waals surface area (Å²) in [4.78, 5) is 4.51. The molecule has 2 atom stereocenters. The highest BCUT2D eigenvalue weighted by atomic mass is 35.5. The number of nitrogens with zero attached hydrogens (tertiary/aromatic N) is 2. The van der Waals surface area contributed by atoms with Gasteiger partial charge in [-0.25, -0.2) is 52.6 Å². The highest BCUT2D eigenvalue weighted by molar-refractivity contribution is 8.09. The van der Waals surface area contributed by atoms with Crippen LogP contribution in [-0.4, -0.2) is 180 Å². The van der Waals surface area contributed by atoms with Crippen molar-refractivity contribution in [2.45, 2.75) is 44.7 Å². The molecule has 28 heteroatoms. The van der Waals surface area contributed by atoms with Gasteiger partial charge in [0.1, 0.15) is 0 Å². The Labute approximate surface area is 537 Å².